The molecule has 1 amide bonds. The first kappa shape index (κ1) is 12.6. The summed E-state index contributed by atoms with van der Waals surface area (Å²) in [7, 11) is 0. The fraction of sp³-hybridized carbons (Fsp3) is 0. The van der Waals surface area contributed by atoms with Crippen molar-refractivity contribution in [1.82, 2.24) is 0 Å². The van der Waals surface area contributed by atoms with Gasteiger partial charge in [-0.15, -0.1) is 0 Å². The number of carbonyl (C=O) groups excluding carboxylic acids is 1. The summed E-state index contributed by atoms with van der Waals surface area (Å²) >= 11 is 0. The van der Waals surface area contributed by atoms with Gasteiger partial charge in [0.25, 0.3) is 5.69 Å². The minimum atomic E-state index is -0.594. The van der Waals surface area contributed by atoms with Crippen LogP contribution in [0.25, 0.3) is 17.4 Å². The highest BCUT2D eigenvalue weighted by molar-refractivity contribution is 5.90. The molecule has 0 aliphatic carbocycles. The molecule has 1 heterocycles. The summed E-state index contributed by atoms with van der Waals surface area (Å²) in [6.07, 6.45) is 2.56. The number of nitrogens with two attached hydrogens (primary N) is 1. The Morgan fingerprint density at radius 1 is 1.26 bits per heavy atom. The van der Waals surface area contributed by atoms with Gasteiger partial charge in [0.05, 0.1) is 10.5 Å². The maximum atomic E-state index is 10.9. The molecule has 0 aliphatic heterocycles. The standard InChI is InChI=1S/C13H10N2O4/c14-13(16)8-6-9-5-7-12(19-9)10-3-1-2-4-11(10)15(17)18/h1-8H,(H2,14,16)/b8-6+. The molecule has 6 heteroatoms. The first-order valence-corrected chi connectivity index (χ1v) is 5.39. The van der Waals surface area contributed by atoms with E-state index in [2.05, 4.69) is 0 Å². The molecule has 1 aromatic carbocycles. The van der Waals surface area contributed by atoms with E-state index in [9.17, 15) is 14.9 Å². The Balaban J connectivity index is 2.38. The third-order valence-electron chi connectivity index (χ3n) is 2.40. The summed E-state index contributed by atoms with van der Waals surface area (Å²) in [5.74, 6) is 0.159. The van der Waals surface area contributed by atoms with Crippen molar-refractivity contribution in [2.24, 2.45) is 5.73 Å². The zero-order chi connectivity index (χ0) is 13.8. The van der Waals surface area contributed by atoms with E-state index in [-0.39, 0.29) is 5.69 Å². The van der Waals surface area contributed by atoms with Crippen molar-refractivity contribution in [1.29, 1.82) is 0 Å². The van der Waals surface area contributed by atoms with Crippen LogP contribution in [0.5, 0.6) is 0 Å². The predicted molar refractivity (Wildman–Crippen MR) is 69.0 cm³/mol. The van der Waals surface area contributed by atoms with Crippen molar-refractivity contribution in [2.75, 3.05) is 0 Å². The Morgan fingerprint density at radius 2 is 2.00 bits per heavy atom. The van der Waals surface area contributed by atoms with Crippen LogP contribution in [0.2, 0.25) is 0 Å². The number of carbonyl (C=O) groups is 1. The second-order valence-electron chi connectivity index (χ2n) is 3.71. The molecule has 1 aromatic heterocycles. The van der Waals surface area contributed by atoms with Crippen molar-refractivity contribution >= 4 is 17.7 Å². The number of nitro groups is 1. The SMILES string of the molecule is NC(=O)/C=C/c1ccc(-c2ccccc2[N+](=O)[O-])o1. The predicted octanol–water partition coefficient (Wildman–Crippen LogP) is 2.35. The number of furan rings is 1. The Kier molecular flexibility index (Phi) is 3.42. The molecule has 96 valence electrons. The Bertz CT molecular complexity index is 658. The molecule has 0 spiro atoms. The maximum Gasteiger partial charge on any atom is 0.280 e. The lowest BCUT2D eigenvalue weighted by molar-refractivity contribution is -0.384. The van der Waals surface area contributed by atoms with Crippen LogP contribution in [0.15, 0.2) is 46.9 Å². The van der Waals surface area contributed by atoms with Gasteiger partial charge in [-0.3, -0.25) is 14.9 Å². The van der Waals surface area contributed by atoms with E-state index >= 15 is 0 Å². The highest BCUT2D eigenvalue weighted by Gasteiger charge is 2.16. The average Bonchev–Trinajstić information content (AvgIpc) is 2.85. The molecule has 2 aromatic rings. The minimum absolute atomic E-state index is 0.0396. The molecule has 19 heavy (non-hydrogen) atoms. The van der Waals surface area contributed by atoms with Crippen molar-refractivity contribution in [2.45, 2.75) is 0 Å². The van der Waals surface area contributed by atoms with E-state index < -0.39 is 10.8 Å². The van der Waals surface area contributed by atoms with Gasteiger partial charge in [0, 0.05) is 12.1 Å². The number of amides is 1. The summed E-state index contributed by atoms with van der Waals surface area (Å²) in [4.78, 5) is 21.0. The Hall–Kier alpha value is -2.89. The fourth-order valence-corrected chi connectivity index (χ4v) is 1.59. The van der Waals surface area contributed by atoms with Crippen LogP contribution in [-0.2, 0) is 4.79 Å². The maximum absolute atomic E-state index is 10.9. The highest BCUT2D eigenvalue weighted by Crippen LogP contribution is 2.30. The quantitative estimate of drug-likeness (QED) is 0.516. The number of nitro benzene ring substituents is 1. The molecule has 0 radical (unpaired) electrons. The first-order chi connectivity index (χ1) is 9.08. The number of hydrogen-bond donors (Lipinski definition) is 1. The van der Waals surface area contributed by atoms with Gasteiger partial charge in [-0.05, 0) is 24.3 Å². The molecule has 0 saturated heterocycles. The van der Waals surface area contributed by atoms with Crippen molar-refractivity contribution < 1.29 is 14.1 Å². The van der Waals surface area contributed by atoms with Gasteiger partial charge in [-0.25, -0.2) is 0 Å². The van der Waals surface area contributed by atoms with Crippen LogP contribution in [0.3, 0.4) is 0 Å². The van der Waals surface area contributed by atoms with Gasteiger partial charge in [-0.1, -0.05) is 12.1 Å². The number of rotatable bonds is 4. The summed E-state index contributed by atoms with van der Waals surface area (Å²) in [5, 5.41) is 10.9. The first-order valence-electron chi connectivity index (χ1n) is 5.39. The zero-order valence-electron chi connectivity index (χ0n) is 9.78. The van der Waals surface area contributed by atoms with Crippen molar-refractivity contribution in [3.8, 4) is 11.3 Å². The average molecular weight is 258 g/mol. The summed E-state index contributed by atoms with van der Waals surface area (Å²) in [5.41, 5.74) is 5.31. The topological polar surface area (TPSA) is 99.4 Å². The normalized spacial score (nSPS) is 10.7. The van der Waals surface area contributed by atoms with Crippen molar-refractivity contribution in [3.05, 3.63) is 58.3 Å². The molecular weight excluding hydrogens is 248 g/mol. The van der Waals surface area contributed by atoms with Crippen LogP contribution in [0, 0.1) is 10.1 Å². The van der Waals surface area contributed by atoms with E-state index in [1.807, 2.05) is 0 Å². The molecule has 0 saturated carbocycles. The van der Waals surface area contributed by atoms with Gasteiger partial charge in [-0.2, -0.15) is 0 Å². The van der Waals surface area contributed by atoms with Gasteiger partial charge in [0.1, 0.15) is 11.5 Å². The molecule has 0 atom stereocenters. The van der Waals surface area contributed by atoms with E-state index in [0.717, 1.165) is 6.08 Å². The third kappa shape index (κ3) is 2.86. The Morgan fingerprint density at radius 3 is 2.68 bits per heavy atom. The van der Waals surface area contributed by atoms with E-state index in [4.69, 9.17) is 10.2 Å². The molecular formula is C13H10N2O4. The lowest BCUT2D eigenvalue weighted by Crippen LogP contribution is -2.04. The lowest BCUT2D eigenvalue weighted by Gasteiger charge is -1.98. The Labute approximate surface area is 108 Å². The minimum Gasteiger partial charge on any atom is -0.456 e. The molecule has 0 unspecified atom stereocenters. The monoisotopic (exact) mass is 258 g/mol. The van der Waals surface area contributed by atoms with E-state index in [1.165, 1.54) is 12.1 Å². The van der Waals surface area contributed by atoms with E-state index in [0.29, 0.717) is 17.1 Å². The molecule has 6 nitrogen and oxygen atoms in total. The van der Waals surface area contributed by atoms with Crippen molar-refractivity contribution in [3.63, 3.8) is 0 Å². The molecule has 0 bridgehead atoms. The highest BCUT2D eigenvalue weighted by atomic mass is 16.6. The van der Waals surface area contributed by atoms with Gasteiger partial charge >= 0.3 is 0 Å². The van der Waals surface area contributed by atoms with E-state index in [1.54, 1.807) is 30.3 Å². The van der Waals surface area contributed by atoms with Crippen LogP contribution < -0.4 is 5.73 Å². The second kappa shape index (κ2) is 5.18. The number of para-hydroxylation sites is 1. The fourth-order valence-electron chi connectivity index (χ4n) is 1.59. The molecule has 2 rings (SSSR count). The third-order valence-corrected chi connectivity index (χ3v) is 2.40. The summed E-state index contributed by atoms with van der Waals surface area (Å²) < 4.78 is 5.41. The van der Waals surface area contributed by atoms with Crippen LogP contribution in [-0.4, -0.2) is 10.8 Å². The van der Waals surface area contributed by atoms with Crippen LogP contribution in [0.4, 0.5) is 5.69 Å². The number of nitrogens with zero attached hydrogens (tertiary/aromatic N) is 1. The smallest absolute Gasteiger partial charge is 0.280 e. The van der Waals surface area contributed by atoms with Crippen LogP contribution >= 0.6 is 0 Å². The molecule has 0 fully saturated rings. The van der Waals surface area contributed by atoms with Gasteiger partial charge < -0.3 is 10.2 Å². The zero-order valence-corrected chi connectivity index (χ0v) is 9.78. The molecule has 2 N–H and O–H groups in total. The molecule has 0 aliphatic rings. The summed E-state index contributed by atoms with van der Waals surface area (Å²) in [6, 6.07) is 9.46. The lowest BCUT2D eigenvalue weighted by atomic mass is 10.1. The largest absolute Gasteiger partial charge is 0.456 e. The number of primary amides is 1. The summed E-state index contributed by atoms with van der Waals surface area (Å²) in [6.45, 7) is 0. The van der Waals surface area contributed by atoms with Gasteiger partial charge in [0.2, 0.25) is 5.91 Å². The number of hydrogen-bond acceptors (Lipinski definition) is 4. The second-order valence-corrected chi connectivity index (χ2v) is 3.71. The van der Waals surface area contributed by atoms with Gasteiger partial charge in [0.15, 0.2) is 0 Å². The van der Waals surface area contributed by atoms with Crippen LogP contribution in [0.1, 0.15) is 5.76 Å². The number of benzene rings is 1.